The van der Waals surface area contributed by atoms with Crippen LogP contribution in [0.1, 0.15) is 24.0 Å². The summed E-state index contributed by atoms with van der Waals surface area (Å²) in [5.74, 6) is 0.917. The second-order valence-electron chi connectivity index (χ2n) is 7.00. The molecule has 0 saturated heterocycles. The minimum absolute atomic E-state index is 0.0804. The first-order valence-corrected chi connectivity index (χ1v) is 9.40. The van der Waals surface area contributed by atoms with Gasteiger partial charge in [-0.25, -0.2) is 4.98 Å². The van der Waals surface area contributed by atoms with Crippen molar-refractivity contribution in [1.82, 2.24) is 9.55 Å². The maximum Gasteiger partial charge on any atom is 0.261 e. The number of nitrogens with one attached hydrogen (secondary N) is 1. The summed E-state index contributed by atoms with van der Waals surface area (Å²) in [7, 11) is 3.06. The van der Waals surface area contributed by atoms with Gasteiger partial charge in [0, 0.05) is 24.7 Å². The Hall–Kier alpha value is -3.35. The molecule has 0 bridgehead atoms. The lowest BCUT2D eigenvalue weighted by atomic mass is 10.1. The van der Waals surface area contributed by atoms with E-state index in [0.717, 1.165) is 16.8 Å². The highest BCUT2D eigenvalue weighted by Crippen LogP contribution is 2.29. The Labute approximate surface area is 169 Å². The molecule has 7 heteroatoms. The highest BCUT2D eigenvalue weighted by Gasteiger charge is 2.11. The van der Waals surface area contributed by atoms with Crippen LogP contribution < -0.4 is 20.3 Å². The summed E-state index contributed by atoms with van der Waals surface area (Å²) in [6.07, 6.45) is 2.33. The molecule has 0 radical (unpaired) electrons. The van der Waals surface area contributed by atoms with Crippen molar-refractivity contribution < 1.29 is 14.3 Å². The van der Waals surface area contributed by atoms with E-state index in [9.17, 15) is 9.59 Å². The van der Waals surface area contributed by atoms with Gasteiger partial charge < -0.3 is 14.8 Å². The van der Waals surface area contributed by atoms with Gasteiger partial charge in [0.15, 0.2) is 11.5 Å². The molecule has 29 heavy (non-hydrogen) atoms. The average molecular weight is 395 g/mol. The van der Waals surface area contributed by atoms with Crippen molar-refractivity contribution in [3.63, 3.8) is 0 Å². The molecule has 152 valence electrons. The van der Waals surface area contributed by atoms with Crippen molar-refractivity contribution in [2.75, 3.05) is 19.5 Å². The largest absolute Gasteiger partial charge is 0.493 e. The zero-order valence-corrected chi connectivity index (χ0v) is 17.1. The monoisotopic (exact) mass is 395 g/mol. The second kappa shape index (κ2) is 8.77. The number of fused-ring (bicyclic) bond motifs is 1. The third-order valence-electron chi connectivity index (χ3n) is 4.64. The van der Waals surface area contributed by atoms with Crippen LogP contribution in [0, 0.1) is 13.8 Å². The summed E-state index contributed by atoms with van der Waals surface area (Å²) in [6.45, 7) is 4.38. The van der Waals surface area contributed by atoms with Crippen LogP contribution >= 0.6 is 0 Å². The molecule has 0 unspecified atom stereocenters. The van der Waals surface area contributed by atoms with Crippen LogP contribution in [0.4, 0.5) is 5.69 Å². The van der Waals surface area contributed by atoms with Crippen LogP contribution in [0.2, 0.25) is 0 Å². The van der Waals surface area contributed by atoms with Crippen molar-refractivity contribution >= 4 is 22.5 Å². The molecule has 0 aliphatic carbocycles. The van der Waals surface area contributed by atoms with E-state index in [1.165, 1.54) is 25.1 Å². The van der Waals surface area contributed by atoms with Crippen LogP contribution in [0.5, 0.6) is 11.5 Å². The molecule has 2 aromatic carbocycles. The number of aromatic nitrogens is 2. The number of benzene rings is 2. The molecule has 0 aliphatic heterocycles. The number of hydrogen-bond donors (Lipinski definition) is 1. The van der Waals surface area contributed by atoms with E-state index in [1.807, 2.05) is 26.0 Å². The molecule has 3 rings (SSSR count). The maximum atomic E-state index is 12.8. The molecule has 1 aromatic heterocycles. The van der Waals surface area contributed by atoms with Gasteiger partial charge in [0.2, 0.25) is 5.91 Å². The number of aryl methyl sites for hydroxylation is 3. The van der Waals surface area contributed by atoms with E-state index in [-0.39, 0.29) is 11.5 Å². The molecule has 7 nitrogen and oxygen atoms in total. The van der Waals surface area contributed by atoms with Crippen molar-refractivity contribution in [3.05, 3.63) is 58.1 Å². The number of rotatable bonds is 7. The molecule has 1 heterocycles. The molecular formula is C22H25N3O4. The average Bonchev–Trinajstić information content (AvgIpc) is 2.68. The first kappa shape index (κ1) is 20.4. The van der Waals surface area contributed by atoms with Gasteiger partial charge in [-0.3, -0.25) is 14.2 Å². The minimum atomic E-state index is -0.175. The smallest absolute Gasteiger partial charge is 0.261 e. The van der Waals surface area contributed by atoms with Gasteiger partial charge in [0.05, 0.1) is 31.4 Å². The second-order valence-corrected chi connectivity index (χ2v) is 7.00. The summed E-state index contributed by atoms with van der Waals surface area (Å²) < 4.78 is 12.0. The normalized spacial score (nSPS) is 10.8. The van der Waals surface area contributed by atoms with Gasteiger partial charge in [-0.2, -0.15) is 0 Å². The summed E-state index contributed by atoms with van der Waals surface area (Å²) in [6, 6.07) is 9.23. The minimum Gasteiger partial charge on any atom is -0.493 e. The van der Waals surface area contributed by atoms with E-state index >= 15 is 0 Å². The van der Waals surface area contributed by atoms with Crippen molar-refractivity contribution in [2.45, 2.75) is 33.2 Å². The van der Waals surface area contributed by atoms with Gasteiger partial charge in [0.25, 0.3) is 5.56 Å². The standard InChI is InChI=1S/C22H25N3O4/c1-14-8-15(2)10-16(9-14)24-21(26)6-5-7-25-13-23-18-12-20(29-4)19(28-3)11-17(18)22(25)27/h8-13H,5-7H2,1-4H3,(H,24,26). The zero-order valence-electron chi connectivity index (χ0n) is 17.1. The van der Waals surface area contributed by atoms with Crippen LogP contribution in [0.15, 0.2) is 41.5 Å². The van der Waals surface area contributed by atoms with Gasteiger partial charge in [0.1, 0.15) is 0 Å². The fraction of sp³-hybridized carbons (Fsp3) is 0.318. The molecule has 0 atom stereocenters. The summed E-state index contributed by atoms with van der Waals surface area (Å²) in [4.78, 5) is 29.3. The highest BCUT2D eigenvalue weighted by molar-refractivity contribution is 5.90. The number of ether oxygens (including phenoxy) is 2. The first-order chi connectivity index (χ1) is 13.9. The third-order valence-corrected chi connectivity index (χ3v) is 4.64. The summed E-state index contributed by atoms with van der Waals surface area (Å²) in [5, 5.41) is 3.36. The van der Waals surface area contributed by atoms with Crippen molar-refractivity contribution in [3.8, 4) is 11.5 Å². The Kier molecular flexibility index (Phi) is 6.16. The van der Waals surface area contributed by atoms with Crippen LogP contribution in [0.25, 0.3) is 10.9 Å². The predicted molar refractivity (Wildman–Crippen MR) is 113 cm³/mol. The molecule has 1 amide bonds. The quantitative estimate of drug-likeness (QED) is 0.663. The lowest BCUT2D eigenvalue weighted by Crippen LogP contribution is -2.22. The van der Waals surface area contributed by atoms with Gasteiger partial charge in [-0.15, -0.1) is 0 Å². The Balaban J connectivity index is 1.68. The molecular weight excluding hydrogens is 370 g/mol. The fourth-order valence-corrected chi connectivity index (χ4v) is 3.32. The first-order valence-electron chi connectivity index (χ1n) is 9.40. The SMILES string of the molecule is COc1cc2ncn(CCCC(=O)Nc3cc(C)cc(C)c3)c(=O)c2cc1OC. The van der Waals surface area contributed by atoms with Crippen LogP contribution in [0.3, 0.4) is 0 Å². The van der Waals surface area contributed by atoms with Gasteiger partial charge in [-0.05, 0) is 49.6 Å². The fourth-order valence-electron chi connectivity index (χ4n) is 3.32. The van der Waals surface area contributed by atoms with Crippen molar-refractivity contribution in [1.29, 1.82) is 0 Å². The molecule has 0 fully saturated rings. The van der Waals surface area contributed by atoms with E-state index in [4.69, 9.17) is 9.47 Å². The topological polar surface area (TPSA) is 82.5 Å². The number of hydrogen-bond acceptors (Lipinski definition) is 5. The summed E-state index contributed by atoms with van der Waals surface area (Å²) in [5.41, 5.74) is 3.35. The van der Waals surface area contributed by atoms with E-state index in [1.54, 1.807) is 12.1 Å². The maximum absolute atomic E-state index is 12.8. The number of methoxy groups -OCH3 is 2. The zero-order chi connectivity index (χ0) is 21.0. The van der Waals surface area contributed by atoms with E-state index < -0.39 is 0 Å². The number of carbonyl (C=O) groups is 1. The molecule has 0 aliphatic rings. The number of anilines is 1. The molecule has 1 N–H and O–H groups in total. The number of amides is 1. The summed E-state index contributed by atoms with van der Waals surface area (Å²) >= 11 is 0. The van der Waals surface area contributed by atoms with E-state index in [2.05, 4.69) is 16.4 Å². The Bertz CT molecular complexity index is 1080. The molecule has 0 saturated carbocycles. The Morgan fingerprint density at radius 2 is 1.69 bits per heavy atom. The predicted octanol–water partition coefficient (Wildman–Crippen LogP) is 3.45. The van der Waals surface area contributed by atoms with Crippen LogP contribution in [-0.2, 0) is 11.3 Å². The lowest BCUT2D eigenvalue weighted by molar-refractivity contribution is -0.116. The molecule has 0 spiro atoms. The van der Waals surface area contributed by atoms with E-state index in [0.29, 0.717) is 41.8 Å². The van der Waals surface area contributed by atoms with Crippen molar-refractivity contribution in [2.24, 2.45) is 0 Å². The third kappa shape index (κ3) is 4.74. The number of nitrogens with zero attached hydrogens (tertiary/aromatic N) is 2. The lowest BCUT2D eigenvalue weighted by Gasteiger charge is -2.11. The highest BCUT2D eigenvalue weighted by atomic mass is 16.5. The molecule has 3 aromatic rings. The van der Waals surface area contributed by atoms with Crippen LogP contribution in [-0.4, -0.2) is 29.7 Å². The Morgan fingerprint density at radius 1 is 1.03 bits per heavy atom. The van der Waals surface area contributed by atoms with Gasteiger partial charge in [-0.1, -0.05) is 6.07 Å². The van der Waals surface area contributed by atoms with Gasteiger partial charge >= 0.3 is 0 Å². The Morgan fingerprint density at radius 3 is 2.34 bits per heavy atom. The number of carbonyl (C=O) groups excluding carboxylic acids is 1.